The number of thiophene rings is 1. The molecule has 0 aliphatic rings. The molecule has 0 saturated carbocycles. The highest BCUT2D eigenvalue weighted by molar-refractivity contribution is 7.20. The van der Waals surface area contributed by atoms with E-state index in [1.165, 1.54) is 11.3 Å². The van der Waals surface area contributed by atoms with Gasteiger partial charge in [0, 0.05) is 24.1 Å². The molecule has 2 aromatic carbocycles. The number of benzene rings is 2. The Balaban J connectivity index is 2.07. The molecule has 0 saturated heterocycles. The minimum Gasteiger partial charge on any atom is -0.397 e. The molecule has 0 aliphatic heterocycles. The first kappa shape index (κ1) is 15.5. The molecule has 0 unspecified atom stereocenters. The van der Waals surface area contributed by atoms with Gasteiger partial charge in [0.1, 0.15) is 0 Å². The van der Waals surface area contributed by atoms with Crippen molar-refractivity contribution in [2.45, 2.75) is 6.92 Å². The molecule has 0 amide bonds. The average molecular weight is 345 g/mol. The Morgan fingerprint density at radius 1 is 0.960 bits per heavy atom. The smallest absolute Gasteiger partial charge is 0.271 e. The molecule has 2 heterocycles. The molecule has 4 heteroatoms. The summed E-state index contributed by atoms with van der Waals surface area (Å²) in [5, 5.41) is 0.918. The van der Waals surface area contributed by atoms with Crippen molar-refractivity contribution >= 4 is 33.0 Å². The molecule has 0 fully saturated rings. The number of fused-ring (bicyclic) bond motifs is 1. The molecule has 2 aromatic heterocycles. The van der Waals surface area contributed by atoms with Crippen LogP contribution in [0.3, 0.4) is 0 Å². The number of nitrogens with one attached hydrogen (secondary N) is 1. The summed E-state index contributed by atoms with van der Waals surface area (Å²) in [5.41, 5.74) is 11.1. The fourth-order valence-corrected chi connectivity index (χ4v) is 4.10. The Bertz CT molecular complexity index is 1070. The van der Waals surface area contributed by atoms with Gasteiger partial charge in [-0.1, -0.05) is 59.9 Å². The summed E-state index contributed by atoms with van der Waals surface area (Å²) in [5.74, 6) is -0.00706. The third-order valence-electron chi connectivity index (χ3n) is 4.24. The number of hydrogen-bond donors (Lipinski definition) is 1. The number of carbonyl (C=O) groups is 1. The van der Waals surface area contributed by atoms with Crippen molar-refractivity contribution < 1.29 is 9.78 Å². The van der Waals surface area contributed by atoms with Crippen molar-refractivity contribution in [1.82, 2.24) is 0 Å². The van der Waals surface area contributed by atoms with Crippen molar-refractivity contribution in [1.29, 1.82) is 0 Å². The number of H-pyrrole nitrogens is 1. The zero-order chi connectivity index (χ0) is 17.4. The summed E-state index contributed by atoms with van der Waals surface area (Å²) in [7, 11) is 0. The van der Waals surface area contributed by atoms with Crippen LogP contribution in [0, 0.1) is 0 Å². The van der Waals surface area contributed by atoms with Crippen LogP contribution in [-0.2, 0) is 0 Å². The quantitative estimate of drug-likeness (QED) is 0.540. The van der Waals surface area contributed by atoms with Crippen LogP contribution in [0.1, 0.15) is 16.6 Å². The molecule has 4 aromatic rings. The maximum absolute atomic E-state index is 12.0. The van der Waals surface area contributed by atoms with Gasteiger partial charge in [-0.25, -0.2) is 0 Å². The Hall–Kier alpha value is -2.98. The Labute approximate surface area is 149 Å². The van der Waals surface area contributed by atoms with Gasteiger partial charge in [-0.15, -0.1) is 0 Å². The number of rotatable bonds is 3. The van der Waals surface area contributed by atoms with E-state index in [0.717, 1.165) is 32.6 Å². The van der Waals surface area contributed by atoms with Crippen molar-refractivity contribution in [3.63, 3.8) is 0 Å². The van der Waals surface area contributed by atoms with Crippen LogP contribution in [0.5, 0.6) is 0 Å². The predicted octanol–water partition coefficient (Wildman–Crippen LogP) is 4.83. The lowest BCUT2D eigenvalue weighted by atomic mass is 9.99. The van der Waals surface area contributed by atoms with E-state index in [0.29, 0.717) is 10.6 Å². The van der Waals surface area contributed by atoms with Crippen molar-refractivity contribution in [3.05, 3.63) is 71.6 Å². The van der Waals surface area contributed by atoms with Crippen molar-refractivity contribution in [2.24, 2.45) is 0 Å². The second-order valence-corrected chi connectivity index (χ2v) is 6.95. The molecule has 0 bridgehead atoms. The summed E-state index contributed by atoms with van der Waals surface area (Å²) in [6.07, 6.45) is 0. The van der Waals surface area contributed by atoms with Gasteiger partial charge in [0.25, 0.3) is 4.83 Å². The second-order valence-electron chi connectivity index (χ2n) is 5.93. The number of aromatic nitrogens is 1. The van der Waals surface area contributed by atoms with Crippen LogP contribution in [0.2, 0.25) is 0 Å². The second kappa shape index (κ2) is 6.15. The highest BCUT2D eigenvalue weighted by Crippen LogP contribution is 2.39. The number of pyridine rings is 1. The van der Waals surface area contributed by atoms with Gasteiger partial charge < -0.3 is 5.73 Å². The minimum atomic E-state index is -0.00706. The van der Waals surface area contributed by atoms with Crippen LogP contribution in [0.25, 0.3) is 32.6 Å². The maximum Gasteiger partial charge on any atom is 0.271 e. The first-order valence-electron chi connectivity index (χ1n) is 8.05. The molecule has 0 aliphatic carbocycles. The first-order valence-corrected chi connectivity index (χ1v) is 8.87. The van der Waals surface area contributed by atoms with E-state index in [-0.39, 0.29) is 5.78 Å². The zero-order valence-corrected chi connectivity index (χ0v) is 14.6. The van der Waals surface area contributed by atoms with Gasteiger partial charge in [0.2, 0.25) is 5.69 Å². The van der Waals surface area contributed by atoms with E-state index in [1.54, 1.807) is 6.92 Å². The standard InChI is InChI=1S/C21H16N2OS/c1-13(24)20-19(22)18-16(14-8-4-2-5-9-14)12-17(23-21(18)25-20)15-10-6-3-7-11-15/h2-12H,22H2,1H3/p+1. The maximum atomic E-state index is 12.0. The molecule has 122 valence electrons. The lowest BCUT2D eigenvalue weighted by molar-refractivity contribution is -0.327. The van der Waals surface area contributed by atoms with Gasteiger partial charge in [-0.3, -0.25) is 4.79 Å². The summed E-state index contributed by atoms with van der Waals surface area (Å²) in [6, 6.07) is 22.4. The molecular formula is C21H17N2OS+. The number of anilines is 1. The van der Waals surface area contributed by atoms with E-state index < -0.39 is 0 Å². The number of Topliss-reactive ketones (excluding diaryl/α,β-unsaturated/α-hetero) is 1. The van der Waals surface area contributed by atoms with Crippen LogP contribution < -0.4 is 10.7 Å². The highest BCUT2D eigenvalue weighted by atomic mass is 32.1. The average Bonchev–Trinajstić information content (AvgIpc) is 2.99. The number of carbonyl (C=O) groups excluding carboxylic acids is 1. The predicted molar refractivity (Wildman–Crippen MR) is 104 cm³/mol. The minimum absolute atomic E-state index is 0.00706. The molecule has 0 atom stereocenters. The van der Waals surface area contributed by atoms with Gasteiger partial charge in [0.05, 0.1) is 16.0 Å². The number of ketones is 1. The lowest BCUT2D eigenvalue weighted by Crippen LogP contribution is -2.07. The molecular weight excluding hydrogens is 328 g/mol. The Kier molecular flexibility index (Phi) is 3.82. The van der Waals surface area contributed by atoms with Crippen molar-refractivity contribution in [2.75, 3.05) is 5.73 Å². The summed E-state index contributed by atoms with van der Waals surface area (Å²) < 4.78 is 0. The topological polar surface area (TPSA) is 57.2 Å². The van der Waals surface area contributed by atoms with Gasteiger partial charge in [-0.05, 0) is 17.7 Å². The lowest BCUT2D eigenvalue weighted by Gasteiger charge is -2.05. The fraction of sp³-hybridized carbons (Fsp3) is 0.0476. The van der Waals surface area contributed by atoms with E-state index in [9.17, 15) is 4.79 Å². The number of nitrogens with two attached hydrogens (primary N) is 1. The molecule has 0 spiro atoms. The van der Waals surface area contributed by atoms with E-state index >= 15 is 0 Å². The number of nitrogen functional groups attached to an aromatic ring is 1. The van der Waals surface area contributed by atoms with Crippen LogP contribution in [-0.4, -0.2) is 5.78 Å². The Morgan fingerprint density at radius 2 is 1.56 bits per heavy atom. The van der Waals surface area contributed by atoms with Crippen LogP contribution >= 0.6 is 11.3 Å². The first-order chi connectivity index (χ1) is 12.1. The Morgan fingerprint density at radius 3 is 2.16 bits per heavy atom. The molecule has 25 heavy (non-hydrogen) atoms. The summed E-state index contributed by atoms with van der Waals surface area (Å²) >= 11 is 1.42. The van der Waals surface area contributed by atoms with Crippen LogP contribution in [0.4, 0.5) is 5.69 Å². The SMILES string of the molecule is CC(=O)c1sc2[nH+]c(-c3ccccc3)cc(-c3ccccc3)c2c1N. The monoisotopic (exact) mass is 345 g/mol. The molecule has 0 radical (unpaired) electrons. The van der Waals surface area contributed by atoms with Crippen LogP contribution in [0.15, 0.2) is 66.7 Å². The number of hydrogen-bond acceptors (Lipinski definition) is 3. The third kappa shape index (κ3) is 2.71. The fourth-order valence-electron chi connectivity index (χ4n) is 3.05. The normalized spacial score (nSPS) is 10.9. The van der Waals surface area contributed by atoms with Crippen molar-refractivity contribution in [3.8, 4) is 22.4 Å². The molecule has 3 nitrogen and oxygen atoms in total. The third-order valence-corrected chi connectivity index (χ3v) is 5.46. The number of aromatic amines is 1. The largest absolute Gasteiger partial charge is 0.397 e. The summed E-state index contributed by atoms with van der Waals surface area (Å²) in [4.78, 5) is 16.9. The van der Waals surface area contributed by atoms with E-state index in [1.807, 2.05) is 36.4 Å². The van der Waals surface area contributed by atoms with Gasteiger partial charge in [-0.2, -0.15) is 4.98 Å². The van der Waals surface area contributed by atoms with Gasteiger partial charge >= 0.3 is 0 Å². The highest BCUT2D eigenvalue weighted by Gasteiger charge is 2.23. The summed E-state index contributed by atoms with van der Waals surface area (Å²) in [6.45, 7) is 1.56. The van der Waals surface area contributed by atoms with E-state index in [4.69, 9.17) is 5.73 Å². The molecule has 4 rings (SSSR count). The molecule has 3 N–H and O–H groups in total. The van der Waals surface area contributed by atoms with Gasteiger partial charge in [0.15, 0.2) is 5.78 Å². The zero-order valence-electron chi connectivity index (χ0n) is 13.7. The van der Waals surface area contributed by atoms with E-state index in [2.05, 4.69) is 35.3 Å².